The molecule has 6 nitrogen and oxygen atoms in total. The van der Waals surface area contributed by atoms with E-state index in [4.69, 9.17) is 0 Å². The molecule has 1 amide bonds. The number of carbonyl (C=O) groups excluding carboxylic acids is 1. The second-order valence-corrected chi connectivity index (χ2v) is 8.86. The van der Waals surface area contributed by atoms with E-state index < -0.39 is 10.2 Å². The number of amides is 1. The summed E-state index contributed by atoms with van der Waals surface area (Å²) < 4.78 is 28.7. The van der Waals surface area contributed by atoms with E-state index >= 15 is 0 Å². The third kappa shape index (κ3) is 4.90. The molecule has 0 saturated carbocycles. The molecule has 2 aliphatic heterocycles. The second-order valence-electron chi connectivity index (χ2n) is 6.93. The number of piperidine rings is 2. The van der Waals surface area contributed by atoms with Crippen LogP contribution in [0, 0.1) is 11.8 Å². The third-order valence-electron chi connectivity index (χ3n) is 4.98. The average molecular weight is 346 g/mol. The maximum absolute atomic E-state index is 12.8. The van der Waals surface area contributed by atoms with Crippen LogP contribution in [-0.2, 0) is 15.0 Å². The van der Waals surface area contributed by atoms with Gasteiger partial charge in [0.05, 0.1) is 5.92 Å². The Morgan fingerprint density at radius 2 is 1.83 bits per heavy atom. The molecule has 0 aliphatic carbocycles. The summed E-state index contributed by atoms with van der Waals surface area (Å²) in [6.07, 6.45) is 5.39. The molecule has 2 fully saturated rings. The molecule has 0 spiro atoms. The maximum atomic E-state index is 12.8. The fourth-order valence-corrected chi connectivity index (χ4v) is 5.00. The van der Waals surface area contributed by atoms with Crippen LogP contribution in [0.25, 0.3) is 0 Å². The summed E-state index contributed by atoms with van der Waals surface area (Å²) in [6, 6.07) is 0. The van der Waals surface area contributed by atoms with Crippen LogP contribution in [-0.4, -0.2) is 55.7 Å². The second kappa shape index (κ2) is 8.44. The Hall–Kier alpha value is -0.660. The van der Waals surface area contributed by atoms with E-state index in [0.717, 1.165) is 38.5 Å². The Kier molecular flexibility index (Phi) is 6.85. The highest BCUT2D eigenvalue weighted by atomic mass is 32.2. The highest BCUT2D eigenvalue weighted by Crippen LogP contribution is 2.25. The summed E-state index contributed by atoms with van der Waals surface area (Å²) in [6.45, 7) is 7.00. The normalized spacial score (nSPS) is 25.4. The van der Waals surface area contributed by atoms with E-state index in [-0.39, 0.29) is 11.8 Å². The van der Waals surface area contributed by atoms with Gasteiger partial charge in [-0.3, -0.25) is 4.79 Å². The highest BCUT2D eigenvalue weighted by Gasteiger charge is 2.36. The minimum Gasteiger partial charge on any atom is -0.356 e. The number of hydrogen-bond acceptors (Lipinski definition) is 3. The number of nitrogens with zero attached hydrogens (tertiary/aromatic N) is 2. The number of rotatable bonds is 6. The molecule has 0 radical (unpaired) electrons. The smallest absolute Gasteiger partial charge is 0.281 e. The van der Waals surface area contributed by atoms with Crippen LogP contribution >= 0.6 is 0 Å². The lowest BCUT2D eigenvalue weighted by molar-refractivity contribution is -0.126. The van der Waals surface area contributed by atoms with E-state index in [1.165, 1.54) is 4.31 Å². The highest BCUT2D eigenvalue weighted by molar-refractivity contribution is 7.86. The first-order valence-corrected chi connectivity index (χ1v) is 10.4. The predicted molar refractivity (Wildman–Crippen MR) is 91.1 cm³/mol. The molecule has 2 saturated heterocycles. The van der Waals surface area contributed by atoms with Gasteiger partial charge in [-0.2, -0.15) is 17.0 Å². The van der Waals surface area contributed by atoms with Crippen LogP contribution in [0.3, 0.4) is 0 Å². The third-order valence-corrected chi connectivity index (χ3v) is 6.98. The van der Waals surface area contributed by atoms with E-state index in [2.05, 4.69) is 19.2 Å². The van der Waals surface area contributed by atoms with E-state index in [9.17, 15) is 13.2 Å². The number of carbonyl (C=O) groups is 1. The SMILES string of the molecule is CCCCNC(=O)[C@@H]1CCCN(S(=O)(=O)N2CCC(C)CC2)C1. The number of hydrogen-bond donors (Lipinski definition) is 1. The zero-order chi connectivity index (χ0) is 16.9. The summed E-state index contributed by atoms with van der Waals surface area (Å²) in [5.74, 6) is 0.393. The molecule has 134 valence electrons. The lowest BCUT2D eigenvalue weighted by Crippen LogP contribution is -2.52. The molecule has 0 unspecified atom stereocenters. The van der Waals surface area contributed by atoms with Crippen molar-refractivity contribution in [1.29, 1.82) is 0 Å². The minimum atomic E-state index is -3.41. The van der Waals surface area contributed by atoms with Crippen LogP contribution in [0.4, 0.5) is 0 Å². The zero-order valence-corrected chi connectivity index (χ0v) is 15.3. The lowest BCUT2D eigenvalue weighted by Gasteiger charge is -2.37. The quantitative estimate of drug-likeness (QED) is 0.743. The van der Waals surface area contributed by atoms with Gasteiger partial charge in [-0.25, -0.2) is 0 Å². The van der Waals surface area contributed by atoms with Crippen molar-refractivity contribution in [1.82, 2.24) is 13.9 Å². The fourth-order valence-electron chi connectivity index (χ4n) is 3.28. The molecule has 0 aromatic carbocycles. The summed E-state index contributed by atoms with van der Waals surface area (Å²) in [7, 11) is -3.41. The van der Waals surface area contributed by atoms with Crippen LogP contribution in [0.15, 0.2) is 0 Å². The molecule has 1 N–H and O–H groups in total. The van der Waals surface area contributed by atoms with Gasteiger partial charge in [0, 0.05) is 32.7 Å². The number of nitrogens with one attached hydrogen (secondary N) is 1. The monoisotopic (exact) mass is 345 g/mol. The van der Waals surface area contributed by atoms with Crippen molar-refractivity contribution in [3.63, 3.8) is 0 Å². The van der Waals surface area contributed by atoms with Crippen molar-refractivity contribution in [2.75, 3.05) is 32.7 Å². The van der Waals surface area contributed by atoms with Gasteiger partial charge in [0.2, 0.25) is 5.91 Å². The van der Waals surface area contributed by atoms with Crippen LogP contribution in [0.2, 0.25) is 0 Å². The van der Waals surface area contributed by atoms with Crippen molar-refractivity contribution in [2.24, 2.45) is 11.8 Å². The zero-order valence-electron chi connectivity index (χ0n) is 14.5. The predicted octanol–water partition coefficient (Wildman–Crippen LogP) is 1.59. The number of unbranched alkanes of at least 4 members (excludes halogenated alkanes) is 1. The van der Waals surface area contributed by atoms with Crippen molar-refractivity contribution < 1.29 is 13.2 Å². The molecule has 2 heterocycles. The Morgan fingerprint density at radius 1 is 1.13 bits per heavy atom. The molecule has 0 aromatic rings. The molecule has 2 rings (SSSR count). The Bertz CT molecular complexity index is 487. The van der Waals surface area contributed by atoms with Crippen molar-refractivity contribution in [3.8, 4) is 0 Å². The van der Waals surface area contributed by atoms with Gasteiger partial charge in [-0.1, -0.05) is 20.3 Å². The molecule has 2 aliphatic rings. The van der Waals surface area contributed by atoms with Gasteiger partial charge in [0.15, 0.2) is 0 Å². The van der Waals surface area contributed by atoms with Gasteiger partial charge >= 0.3 is 0 Å². The summed E-state index contributed by atoms with van der Waals surface area (Å²) in [5.41, 5.74) is 0. The van der Waals surface area contributed by atoms with E-state index in [1.54, 1.807) is 4.31 Å². The van der Waals surface area contributed by atoms with Crippen molar-refractivity contribution in [3.05, 3.63) is 0 Å². The average Bonchev–Trinajstić information content (AvgIpc) is 2.55. The maximum Gasteiger partial charge on any atom is 0.281 e. The first-order chi connectivity index (χ1) is 10.9. The largest absolute Gasteiger partial charge is 0.356 e. The van der Waals surface area contributed by atoms with Crippen LogP contribution in [0.5, 0.6) is 0 Å². The Morgan fingerprint density at radius 3 is 2.48 bits per heavy atom. The topological polar surface area (TPSA) is 69.7 Å². The first-order valence-electron chi connectivity index (χ1n) is 8.98. The molecule has 0 bridgehead atoms. The van der Waals surface area contributed by atoms with E-state index in [1.807, 2.05) is 0 Å². The van der Waals surface area contributed by atoms with Gasteiger partial charge in [0.25, 0.3) is 10.2 Å². The van der Waals surface area contributed by atoms with Crippen molar-refractivity contribution >= 4 is 16.1 Å². The van der Waals surface area contributed by atoms with Gasteiger partial charge in [-0.15, -0.1) is 0 Å². The van der Waals surface area contributed by atoms with Crippen molar-refractivity contribution in [2.45, 2.75) is 52.4 Å². The molecule has 1 atom stereocenters. The minimum absolute atomic E-state index is 0.00520. The first kappa shape index (κ1) is 18.7. The Balaban J connectivity index is 1.93. The van der Waals surface area contributed by atoms with Gasteiger partial charge in [0.1, 0.15) is 0 Å². The fraction of sp³-hybridized carbons (Fsp3) is 0.938. The molecule has 0 aromatic heterocycles. The summed E-state index contributed by atoms with van der Waals surface area (Å²) in [5, 5.41) is 2.94. The molecular formula is C16H31N3O3S. The summed E-state index contributed by atoms with van der Waals surface area (Å²) in [4.78, 5) is 12.2. The molecular weight excluding hydrogens is 314 g/mol. The summed E-state index contributed by atoms with van der Waals surface area (Å²) >= 11 is 0. The molecule has 23 heavy (non-hydrogen) atoms. The van der Waals surface area contributed by atoms with Crippen LogP contribution in [0.1, 0.15) is 52.4 Å². The van der Waals surface area contributed by atoms with E-state index in [0.29, 0.717) is 38.6 Å². The van der Waals surface area contributed by atoms with Gasteiger partial charge in [-0.05, 0) is 38.0 Å². The van der Waals surface area contributed by atoms with Crippen LogP contribution < -0.4 is 5.32 Å². The van der Waals surface area contributed by atoms with Gasteiger partial charge < -0.3 is 5.32 Å². The lowest BCUT2D eigenvalue weighted by atomic mass is 9.99. The molecule has 7 heteroatoms. The standard InChI is InChI=1S/C16H31N3O3S/c1-3-4-9-17-16(20)15-6-5-10-19(13-15)23(21,22)18-11-7-14(2)8-12-18/h14-15H,3-13H2,1-2H3,(H,17,20)/t15-/m1/s1. The Labute approximate surface area is 140 Å².